The molecule has 3 aromatic carbocycles. The van der Waals surface area contributed by atoms with E-state index in [4.69, 9.17) is 4.42 Å². The Labute approximate surface area is 181 Å². The van der Waals surface area contributed by atoms with Crippen molar-refractivity contribution < 1.29 is 24.5 Å². The Kier molecular flexibility index (Phi) is 5.14. The SMILES string of the molecule is Cc1cc(-c2ccccc2)cc(C)c1-n1ncnc1-c1[c-]ccc2ncoc12.[Ir]. The van der Waals surface area contributed by atoms with Crippen molar-refractivity contribution in [2.75, 3.05) is 0 Å². The van der Waals surface area contributed by atoms with E-state index in [1.54, 1.807) is 6.33 Å². The van der Waals surface area contributed by atoms with E-state index in [9.17, 15) is 0 Å². The number of nitrogens with zero attached hydrogens (tertiary/aromatic N) is 4. The minimum Gasteiger partial charge on any atom is -0.490 e. The van der Waals surface area contributed by atoms with Crippen molar-refractivity contribution in [1.82, 2.24) is 19.7 Å². The number of aromatic nitrogens is 4. The fourth-order valence-electron chi connectivity index (χ4n) is 3.66. The molecular formula is C23H17IrN4O-. The first-order valence-corrected chi connectivity index (χ1v) is 9.03. The van der Waals surface area contributed by atoms with E-state index in [1.165, 1.54) is 17.5 Å². The molecule has 5 aromatic rings. The van der Waals surface area contributed by atoms with Crippen molar-refractivity contribution in [2.45, 2.75) is 13.8 Å². The summed E-state index contributed by atoms with van der Waals surface area (Å²) in [7, 11) is 0. The maximum absolute atomic E-state index is 5.58. The first kappa shape index (κ1) is 19.2. The fraction of sp³-hybridized carbons (Fsp3) is 0.0870. The second kappa shape index (κ2) is 7.74. The van der Waals surface area contributed by atoms with Crippen LogP contribution in [0.15, 0.2) is 71.7 Å². The first-order chi connectivity index (χ1) is 13.7. The van der Waals surface area contributed by atoms with E-state index in [-0.39, 0.29) is 20.1 Å². The summed E-state index contributed by atoms with van der Waals surface area (Å²) in [5, 5.41) is 4.50. The maximum Gasteiger partial charge on any atom is 0.169 e. The molecule has 0 fully saturated rings. The number of rotatable bonds is 3. The smallest absolute Gasteiger partial charge is 0.169 e. The van der Waals surface area contributed by atoms with Crippen molar-refractivity contribution in [3.8, 4) is 28.2 Å². The number of oxazole rings is 1. The summed E-state index contributed by atoms with van der Waals surface area (Å²) in [5.74, 6) is 0.681. The van der Waals surface area contributed by atoms with Crippen LogP contribution >= 0.6 is 0 Å². The van der Waals surface area contributed by atoms with Gasteiger partial charge in [-0.05, 0) is 48.2 Å². The molecular weight excluding hydrogens is 540 g/mol. The molecule has 0 bridgehead atoms. The van der Waals surface area contributed by atoms with Crippen LogP contribution in [0.2, 0.25) is 0 Å². The standard InChI is InChI=1S/C23H17N4O.Ir/c1-15-11-18(17-7-4-3-5-8-17)12-16(2)21(15)27-23(24-13-26-27)19-9-6-10-20-22(19)28-14-25-20;/h3-8,10-14H,1-2H3;/q-1;. The average Bonchev–Trinajstić information content (AvgIpc) is 3.37. The minimum absolute atomic E-state index is 0. The van der Waals surface area contributed by atoms with E-state index in [1.807, 2.05) is 22.9 Å². The summed E-state index contributed by atoms with van der Waals surface area (Å²) < 4.78 is 7.43. The van der Waals surface area contributed by atoms with E-state index in [0.29, 0.717) is 11.4 Å². The summed E-state index contributed by atoms with van der Waals surface area (Å²) in [6, 6.07) is 21.7. The molecule has 0 saturated carbocycles. The molecule has 2 aromatic heterocycles. The van der Waals surface area contributed by atoms with Crippen LogP contribution in [0.4, 0.5) is 0 Å². The third-order valence-corrected chi connectivity index (χ3v) is 4.87. The number of benzene rings is 3. The van der Waals surface area contributed by atoms with Gasteiger partial charge in [-0.2, -0.15) is 5.10 Å². The molecule has 1 radical (unpaired) electrons. The molecule has 0 amide bonds. The van der Waals surface area contributed by atoms with Gasteiger partial charge in [-0.3, -0.25) is 9.67 Å². The van der Waals surface area contributed by atoms with Gasteiger partial charge in [0.1, 0.15) is 6.33 Å². The first-order valence-electron chi connectivity index (χ1n) is 9.03. The van der Waals surface area contributed by atoms with E-state index >= 15 is 0 Å². The van der Waals surface area contributed by atoms with Crippen molar-refractivity contribution in [2.24, 2.45) is 0 Å². The largest absolute Gasteiger partial charge is 0.490 e. The molecule has 0 spiro atoms. The van der Waals surface area contributed by atoms with Crippen LogP contribution in [0.3, 0.4) is 0 Å². The Morgan fingerprint density at radius 2 is 1.69 bits per heavy atom. The van der Waals surface area contributed by atoms with Gasteiger partial charge in [-0.15, -0.1) is 18.2 Å². The molecule has 0 aliphatic carbocycles. The Hall–Kier alpha value is -3.08. The Bertz CT molecular complexity index is 1270. The van der Waals surface area contributed by atoms with Crippen molar-refractivity contribution in [3.63, 3.8) is 0 Å². The van der Waals surface area contributed by atoms with Crippen LogP contribution in [0.1, 0.15) is 11.1 Å². The van der Waals surface area contributed by atoms with Crippen LogP contribution in [0.25, 0.3) is 39.3 Å². The van der Waals surface area contributed by atoms with Gasteiger partial charge < -0.3 is 4.42 Å². The normalized spacial score (nSPS) is 10.8. The topological polar surface area (TPSA) is 56.7 Å². The predicted octanol–water partition coefficient (Wildman–Crippen LogP) is 5.16. The molecule has 0 saturated heterocycles. The zero-order valence-corrected chi connectivity index (χ0v) is 18.3. The third kappa shape index (κ3) is 3.31. The van der Waals surface area contributed by atoms with Gasteiger partial charge in [0.25, 0.3) is 0 Å². The van der Waals surface area contributed by atoms with Gasteiger partial charge in [0.2, 0.25) is 0 Å². The molecule has 0 atom stereocenters. The van der Waals surface area contributed by atoms with Crippen molar-refractivity contribution in [1.29, 1.82) is 0 Å². The molecule has 0 aliphatic rings. The molecule has 0 aliphatic heterocycles. The zero-order valence-electron chi connectivity index (χ0n) is 15.9. The molecule has 5 rings (SSSR count). The quantitative estimate of drug-likeness (QED) is 0.288. The average molecular weight is 558 g/mol. The van der Waals surface area contributed by atoms with Gasteiger partial charge >= 0.3 is 0 Å². The number of hydrogen-bond donors (Lipinski definition) is 0. The van der Waals surface area contributed by atoms with E-state index in [0.717, 1.165) is 27.9 Å². The second-order valence-corrected chi connectivity index (χ2v) is 6.74. The molecule has 5 nitrogen and oxygen atoms in total. The maximum atomic E-state index is 5.58. The molecule has 0 unspecified atom stereocenters. The van der Waals surface area contributed by atoms with E-state index in [2.05, 4.69) is 71.4 Å². The zero-order chi connectivity index (χ0) is 19.1. The molecule has 29 heavy (non-hydrogen) atoms. The summed E-state index contributed by atoms with van der Waals surface area (Å²) in [5.41, 5.74) is 7.81. The molecule has 6 heteroatoms. The second-order valence-electron chi connectivity index (χ2n) is 6.74. The monoisotopic (exact) mass is 558 g/mol. The predicted molar refractivity (Wildman–Crippen MR) is 108 cm³/mol. The van der Waals surface area contributed by atoms with Crippen molar-refractivity contribution in [3.05, 3.63) is 84.5 Å². The minimum atomic E-state index is 0. The van der Waals surface area contributed by atoms with Crippen LogP contribution < -0.4 is 0 Å². The van der Waals surface area contributed by atoms with Crippen LogP contribution in [-0.4, -0.2) is 19.7 Å². The number of hydrogen-bond acceptors (Lipinski definition) is 4. The van der Waals surface area contributed by atoms with Gasteiger partial charge in [0.05, 0.1) is 17.1 Å². The number of aryl methyl sites for hydroxylation is 2. The summed E-state index contributed by atoms with van der Waals surface area (Å²) in [4.78, 5) is 8.72. The van der Waals surface area contributed by atoms with E-state index < -0.39 is 0 Å². The summed E-state index contributed by atoms with van der Waals surface area (Å²) >= 11 is 0. The van der Waals surface area contributed by atoms with Crippen LogP contribution in [0, 0.1) is 19.9 Å². The Balaban J connectivity index is 0.00000205. The molecule has 0 N–H and O–H groups in total. The number of fused-ring (bicyclic) bond motifs is 1. The van der Waals surface area contributed by atoms with Crippen LogP contribution in [-0.2, 0) is 20.1 Å². The van der Waals surface area contributed by atoms with Gasteiger partial charge in [0, 0.05) is 25.6 Å². The third-order valence-electron chi connectivity index (χ3n) is 4.87. The van der Waals surface area contributed by atoms with Gasteiger partial charge in [-0.25, -0.2) is 4.98 Å². The molecule has 2 heterocycles. The molecule has 145 valence electrons. The summed E-state index contributed by atoms with van der Waals surface area (Å²) in [6.45, 7) is 4.19. The van der Waals surface area contributed by atoms with Crippen LogP contribution in [0.5, 0.6) is 0 Å². The van der Waals surface area contributed by atoms with Gasteiger partial charge in [-0.1, -0.05) is 35.9 Å². The summed E-state index contributed by atoms with van der Waals surface area (Å²) in [6.07, 6.45) is 3.00. The fourth-order valence-corrected chi connectivity index (χ4v) is 3.66. The Morgan fingerprint density at radius 3 is 2.45 bits per heavy atom. The van der Waals surface area contributed by atoms with Crippen molar-refractivity contribution >= 4 is 11.1 Å². The Morgan fingerprint density at radius 1 is 0.931 bits per heavy atom. The van der Waals surface area contributed by atoms with Gasteiger partial charge in [0.15, 0.2) is 6.39 Å².